The minimum Gasteiger partial charge on any atom is -0.339 e. The largest absolute Gasteiger partial charge is 0.339 e. The first-order valence-electron chi connectivity index (χ1n) is 8.25. The Balaban J connectivity index is 1.42. The number of nitrogens with one attached hydrogen (secondary N) is 1. The van der Waals surface area contributed by atoms with Crippen molar-refractivity contribution in [2.75, 3.05) is 12.4 Å². The zero-order valence-electron chi connectivity index (χ0n) is 14.1. The number of nitrogens with zero attached hydrogens (tertiary/aromatic N) is 2. The number of hydrogen-bond donors (Lipinski definition) is 1. The molecule has 2 amide bonds. The van der Waals surface area contributed by atoms with Gasteiger partial charge in [-0.25, -0.2) is 4.98 Å². The second-order valence-corrected chi connectivity index (χ2v) is 8.48. The molecule has 5 nitrogen and oxygen atoms in total. The fraction of sp³-hybridized carbons (Fsp3) is 0.211. The molecule has 0 aliphatic carbocycles. The predicted molar refractivity (Wildman–Crippen MR) is 105 cm³/mol. The lowest BCUT2D eigenvalue weighted by Gasteiger charge is -2.25. The fourth-order valence-electron chi connectivity index (χ4n) is 2.82. The number of anilines is 1. The van der Waals surface area contributed by atoms with E-state index in [-0.39, 0.29) is 18.2 Å². The molecule has 2 heterocycles. The third-order valence-electron chi connectivity index (χ3n) is 4.20. The number of fused-ring (bicyclic) bond motifs is 2. The molecular formula is C19H17N3O2S2. The highest BCUT2D eigenvalue weighted by molar-refractivity contribution is 8.01. The molecule has 132 valence electrons. The summed E-state index contributed by atoms with van der Waals surface area (Å²) in [6.07, 6.45) is 0.173. The summed E-state index contributed by atoms with van der Waals surface area (Å²) in [4.78, 5) is 32.1. The van der Waals surface area contributed by atoms with Crippen LogP contribution in [0.15, 0.2) is 53.4 Å². The van der Waals surface area contributed by atoms with E-state index in [0.29, 0.717) is 6.54 Å². The van der Waals surface area contributed by atoms with Gasteiger partial charge in [-0.1, -0.05) is 24.3 Å². The first kappa shape index (κ1) is 17.1. The van der Waals surface area contributed by atoms with Gasteiger partial charge < -0.3 is 10.2 Å². The summed E-state index contributed by atoms with van der Waals surface area (Å²) in [6.45, 7) is 0.452. The van der Waals surface area contributed by atoms with Crippen molar-refractivity contribution < 1.29 is 9.59 Å². The average molecular weight is 383 g/mol. The van der Waals surface area contributed by atoms with Crippen molar-refractivity contribution in [1.29, 1.82) is 0 Å². The van der Waals surface area contributed by atoms with Crippen LogP contribution < -0.4 is 5.32 Å². The van der Waals surface area contributed by atoms with E-state index in [1.165, 1.54) is 11.8 Å². The monoisotopic (exact) mass is 383 g/mol. The van der Waals surface area contributed by atoms with Crippen LogP contribution in [0.1, 0.15) is 11.4 Å². The molecule has 4 rings (SSSR count). The molecule has 1 aromatic heterocycles. The van der Waals surface area contributed by atoms with Gasteiger partial charge in [0.15, 0.2) is 0 Å². The van der Waals surface area contributed by atoms with Gasteiger partial charge in [-0.05, 0) is 24.3 Å². The molecule has 0 bridgehead atoms. The van der Waals surface area contributed by atoms with Gasteiger partial charge in [-0.15, -0.1) is 23.1 Å². The molecule has 0 spiro atoms. The zero-order valence-corrected chi connectivity index (χ0v) is 15.8. The Hall–Kier alpha value is -2.38. The van der Waals surface area contributed by atoms with Crippen molar-refractivity contribution in [3.05, 3.63) is 53.5 Å². The Bertz CT molecular complexity index is 953. The van der Waals surface area contributed by atoms with Gasteiger partial charge in [0.1, 0.15) is 5.01 Å². The molecule has 2 aromatic carbocycles. The van der Waals surface area contributed by atoms with Crippen LogP contribution in [-0.2, 0) is 16.1 Å². The molecular weight excluding hydrogens is 366 g/mol. The van der Waals surface area contributed by atoms with E-state index in [2.05, 4.69) is 10.3 Å². The van der Waals surface area contributed by atoms with Crippen LogP contribution >= 0.6 is 23.1 Å². The SMILES string of the molecule is CN(Cc1nc2ccccc2s1)C(=O)C[C@H]1Sc2ccccc2NC1=O. The Labute approximate surface area is 159 Å². The highest BCUT2D eigenvalue weighted by atomic mass is 32.2. The highest BCUT2D eigenvalue weighted by Gasteiger charge is 2.29. The number of hydrogen-bond acceptors (Lipinski definition) is 5. The summed E-state index contributed by atoms with van der Waals surface area (Å²) >= 11 is 3.04. The highest BCUT2D eigenvalue weighted by Crippen LogP contribution is 2.36. The van der Waals surface area contributed by atoms with Crippen LogP contribution in [0.3, 0.4) is 0 Å². The maximum Gasteiger partial charge on any atom is 0.238 e. The minimum absolute atomic E-state index is 0.0590. The number of para-hydroxylation sites is 2. The Kier molecular flexibility index (Phi) is 4.65. The predicted octanol–water partition coefficient (Wildman–Crippen LogP) is 3.76. The van der Waals surface area contributed by atoms with Crippen LogP contribution in [0, 0.1) is 0 Å². The number of carbonyl (C=O) groups is 2. The van der Waals surface area contributed by atoms with Gasteiger partial charge in [0.2, 0.25) is 11.8 Å². The maximum atomic E-state index is 12.6. The van der Waals surface area contributed by atoms with Crippen LogP contribution in [0.25, 0.3) is 10.2 Å². The molecule has 1 aliphatic rings. The molecule has 7 heteroatoms. The van der Waals surface area contributed by atoms with Crippen LogP contribution in [0.5, 0.6) is 0 Å². The standard InChI is InChI=1S/C19H17N3O2S2/c1-22(11-17-20-12-6-2-5-9-15(12)26-17)18(23)10-16-19(24)21-13-7-3-4-8-14(13)25-16/h2-9,16H,10-11H2,1H3,(H,21,24)/t16-/m1/s1. The number of carbonyl (C=O) groups excluding carboxylic acids is 2. The van der Waals surface area contributed by atoms with Gasteiger partial charge in [-0.2, -0.15) is 0 Å². The van der Waals surface area contributed by atoms with Gasteiger partial charge in [-0.3, -0.25) is 9.59 Å². The summed E-state index contributed by atoms with van der Waals surface area (Å²) in [5, 5.41) is 3.37. The summed E-state index contributed by atoms with van der Waals surface area (Å²) in [5.74, 6) is -0.174. The molecule has 1 aliphatic heterocycles. The maximum absolute atomic E-state index is 12.6. The molecule has 0 saturated heterocycles. The number of thiazole rings is 1. The van der Waals surface area contributed by atoms with Crippen molar-refractivity contribution >= 4 is 50.8 Å². The van der Waals surface area contributed by atoms with Gasteiger partial charge in [0.05, 0.1) is 27.7 Å². The van der Waals surface area contributed by atoms with Crippen molar-refractivity contribution in [2.24, 2.45) is 0 Å². The minimum atomic E-state index is -0.407. The molecule has 26 heavy (non-hydrogen) atoms. The lowest BCUT2D eigenvalue weighted by molar-refractivity contribution is -0.131. The summed E-state index contributed by atoms with van der Waals surface area (Å²) in [7, 11) is 1.76. The normalized spacial score (nSPS) is 16.2. The molecule has 1 atom stereocenters. The second kappa shape index (κ2) is 7.09. The number of benzene rings is 2. The van der Waals surface area contributed by atoms with Gasteiger partial charge in [0, 0.05) is 18.4 Å². The molecule has 3 aromatic rings. The first-order chi connectivity index (χ1) is 12.6. The lowest BCUT2D eigenvalue weighted by Crippen LogP contribution is -2.35. The van der Waals surface area contributed by atoms with Crippen molar-refractivity contribution in [1.82, 2.24) is 9.88 Å². The van der Waals surface area contributed by atoms with Crippen molar-refractivity contribution in [3.63, 3.8) is 0 Å². The average Bonchev–Trinajstić information content (AvgIpc) is 3.04. The topological polar surface area (TPSA) is 62.3 Å². The van der Waals surface area contributed by atoms with Gasteiger partial charge >= 0.3 is 0 Å². The Morgan fingerprint density at radius 2 is 1.96 bits per heavy atom. The number of thioether (sulfide) groups is 1. The van der Waals surface area contributed by atoms with E-state index in [0.717, 1.165) is 25.8 Å². The van der Waals surface area contributed by atoms with Crippen LogP contribution in [0.2, 0.25) is 0 Å². The summed E-state index contributed by atoms with van der Waals surface area (Å²) in [5.41, 5.74) is 1.76. The van der Waals surface area contributed by atoms with Crippen LogP contribution in [-0.4, -0.2) is 34.0 Å². The quantitative estimate of drug-likeness (QED) is 0.745. The molecule has 0 unspecified atom stereocenters. The van der Waals surface area contributed by atoms with Crippen LogP contribution in [0.4, 0.5) is 5.69 Å². The summed E-state index contributed by atoms with van der Waals surface area (Å²) in [6, 6.07) is 15.6. The lowest BCUT2D eigenvalue weighted by atomic mass is 10.2. The zero-order chi connectivity index (χ0) is 18.1. The van der Waals surface area contributed by atoms with Crippen molar-refractivity contribution in [2.45, 2.75) is 23.1 Å². The van der Waals surface area contributed by atoms with E-state index in [1.807, 2.05) is 48.5 Å². The molecule has 1 N–H and O–H groups in total. The van der Waals surface area contributed by atoms with Crippen molar-refractivity contribution in [3.8, 4) is 0 Å². The van der Waals surface area contributed by atoms with Gasteiger partial charge in [0.25, 0.3) is 0 Å². The fourth-order valence-corrected chi connectivity index (χ4v) is 4.94. The molecule has 0 radical (unpaired) electrons. The smallest absolute Gasteiger partial charge is 0.238 e. The molecule has 0 saturated carbocycles. The third kappa shape index (κ3) is 3.45. The number of aromatic nitrogens is 1. The Morgan fingerprint density at radius 3 is 2.81 bits per heavy atom. The molecule has 0 fully saturated rings. The van der Waals surface area contributed by atoms with E-state index in [4.69, 9.17) is 0 Å². The second-order valence-electron chi connectivity index (χ2n) is 6.12. The Morgan fingerprint density at radius 1 is 1.19 bits per heavy atom. The third-order valence-corrected chi connectivity index (χ3v) is 6.50. The van der Waals surface area contributed by atoms with E-state index < -0.39 is 5.25 Å². The van der Waals surface area contributed by atoms with E-state index >= 15 is 0 Å². The number of amides is 2. The summed E-state index contributed by atoms with van der Waals surface area (Å²) < 4.78 is 1.11. The van der Waals surface area contributed by atoms with E-state index in [9.17, 15) is 9.59 Å². The van der Waals surface area contributed by atoms with E-state index in [1.54, 1.807) is 23.3 Å². The number of rotatable bonds is 4. The first-order valence-corrected chi connectivity index (χ1v) is 9.95.